The zero-order valence-electron chi connectivity index (χ0n) is 23.9. The second kappa shape index (κ2) is 14.0. The predicted octanol–water partition coefficient (Wildman–Crippen LogP) is 4.42. The maximum atomic E-state index is 13.0. The highest BCUT2D eigenvalue weighted by Crippen LogP contribution is 2.56. The minimum atomic E-state index is -3.62. The molecule has 5 aromatic carbocycles. The minimum absolute atomic E-state index is 0. The summed E-state index contributed by atoms with van der Waals surface area (Å²) < 4.78 is 34.8. The number of halogens is 1. The predicted molar refractivity (Wildman–Crippen MR) is 177 cm³/mol. The lowest BCUT2D eigenvalue weighted by molar-refractivity contribution is -0.0000111. The van der Waals surface area contributed by atoms with Gasteiger partial charge in [0.15, 0.2) is 0 Å². The van der Waals surface area contributed by atoms with Gasteiger partial charge in [0, 0.05) is 23.4 Å². The molecular formula is C36H35BrNO3PS. The Labute approximate surface area is 265 Å². The number of sulfonamides is 1. The molecule has 0 spiro atoms. The van der Waals surface area contributed by atoms with Gasteiger partial charge in [0.25, 0.3) is 0 Å². The smallest absolute Gasteiger partial charge is 0.240 e. The molecule has 0 radical (unpaired) electrons. The molecule has 0 fully saturated rings. The van der Waals surface area contributed by atoms with Crippen molar-refractivity contribution < 1.29 is 29.8 Å². The minimum Gasteiger partial charge on any atom is -1.00 e. The topological polar surface area (TPSA) is 59.3 Å². The molecule has 0 unspecified atom stereocenters. The zero-order valence-corrected chi connectivity index (χ0v) is 27.2. The van der Waals surface area contributed by atoms with E-state index in [0.29, 0.717) is 12.1 Å². The number of rotatable bonds is 12. The monoisotopic (exact) mass is 671 g/mol. The highest BCUT2D eigenvalue weighted by molar-refractivity contribution is 7.95. The van der Waals surface area contributed by atoms with Crippen LogP contribution in [0.1, 0.15) is 25.7 Å². The van der Waals surface area contributed by atoms with Gasteiger partial charge in [0.1, 0.15) is 34.3 Å². The van der Waals surface area contributed by atoms with Crippen molar-refractivity contribution in [3.05, 3.63) is 133 Å². The Balaban J connectivity index is 0.00000368. The Morgan fingerprint density at radius 1 is 0.558 bits per heavy atom. The fraction of sp³-hybridized carbons (Fsp3) is 0.167. The summed E-state index contributed by atoms with van der Waals surface area (Å²) in [6.45, 7) is 0.414. The first-order chi connectivity index (χ1) is 20.6. The van der Waals surface area contributed by atoms with Crippen LogP contribution in [0.15, 0.2) is 143 Å². The molecule has 1 N–H and O–H groups in total. The molecular weight excluding hydrogens is 637 g/mol. The van der Waals surface area contributed by atoms with Crippen molar-refractivity contribution in [2.45, 2.75) is 30.6 Å². The lowest BCUT2D eigenvalue weighted by atomic mass is 10.2. The van der Waals surface area contributed by atoms with Crippen LogP contribution in [-0.2, 0) is 10.0 Å². The molecule has 4 nitrogen and oxygen atoms in total. The van der Waals surface area contributed by atoms with Crippen molar-refractivity contribution in [2.24, 2.45) is 0 Å². The van der Waals surface area contributed by atoms with Crippen molar-refractivity contribution >= 4 is 55.1 Å². The van der Waals surface area contributed by atoms with Gasteiger partial charge in [0.2, 0.25) is 10.0 Å². The Morgan fingerprint density at radius 3 is 1.67 bits per heavy atom. The number of hydrogen-bond acceptors (Lipinski definition) is 3. The van der Waals surface area contributed by atoms with Crippen LogP contribution in [0.4, 0.5) is 0 Å². The van der Waals surface area contributed by atoms with Gasteiger partial charge in [-0.05, 0) is 73.9 Å². The van der Waals surface area contributed by atoms with Crippen LogP contribution < -0.4 is 37.6 Å². The molecule has 220 valence electrons. The van der Waals surface area contributed by atoms with Gasteiger partial charge >= 0.3 is 0 Å². The average Bonchev–Trinajstić information content (AvgIpc) is 3.42. The van der Waals surface area contributed by atoms with Gasteiger partial charge in [-0.1, -0.05) is 79.2 Å². The highest BCUT2D eigenvalue weighted by Gasteiger charge is 2.44. The summed E-state index contributed by atoms with van der Waals surface area (Å²) in [5, 5.41) is 6.11. The van der Waals surface area contributed by atoms with E-state index in [1.807, 2.05) is 30.3 Å². The van der Waals surface area contributed by atoms with E-state index in [2.05, 4.69) is 95.7 Å². The summed E-state index contributed by atoms with van der Waals surface area (Å²) in [4.78, 5) is 0.234. The third-order valence-electron chi connectivity index (χ3n) is 7.96. The van der Waals surface area contributed by atoms with E-state index in [9.17, 15) is 8.42 Å². The van der Waals surface area contributed by atoms with Crippen LogP contribution in [0.2, 0.25) is 0 Å². The summed E-state index contributed by atoms with van der Waals surface area (Å²) in [7, 11) is -5.45. The van der Waals surface area contributed by atoms with E-state index in [0.717, 1.165) is 48.2 Å². The van der Waals surface area contributed by atoms with Crippen molar-refractivity contribution in [1.82, 2.24) is 4.72 Å². The summed E-state index contributed by atoms with van der Waals surface area (Å²) in [5.74, 6) is 0. The van der Waals surface area contributed by atoms with Crippen LogP contribution in [0, 0.1) is 0 Å². The number of nitrogens with one attached hydrogen (secondary N) is 1. The number of fused-ring (bicyclic) bond motifs is 3. The lowest BCUT2D eigenvalue weighted by Crippen LogP contribution is -3.00. The van der Waals surface area contributed by atoms with E-state index in [1.165, 1.54) is 15.9 Å². The first-order valence-corrected chi connectivity index (χ1v) is 18.0. The molecule has 0 saturated carbocycles. The first-order valence-electron chi connectivity index (χ1n) is 14.5. The second-order valence-corrected chi connectivity index (χ2v) is 16.0. The van der Waals surface area contributed by atoms with Crippen molar-refractivity contribution in [3.8, 4) is 0 Å². The summed E-state index contributed by atoms with van der Waals surface area (Å²) >= 11 is 0. The second-order valence-electron chi connectivity index (χ2n) is 10.6. The van der Waals surface area contributed by atoms with Gasteiger partial charge in [-0.15, -0.1) is 0 Å². The zero-order chi connectivity index (χ0) is 28.8. The van der Waals surface area contributed by atoms with E-state index in [1.54, 1.807) is 12.1 Å². The number of furan rings is 1. The molecule has 6 rings (SSSR count). The van der Waals surface area contributed by atoms with Crippen LogP contribution >= 0.6 is 7.26 Å². The third kappa shape index (κ3) is 6.63. The Morgan fingerprint density at radius 2 is 1.07 bits per heavy atom. The number of unbranched alkanes of at least 4 members (excludes halogenated alkanes) is 3. The molecule has 1 heterocycles. The lowest BCUT2D eigenvalue weighted by Gasteiger charge is -2.27. The van der Waals surface area contributed by atoms with Crippen LogP contribution in [-0.4, -0.2) is 21.1 Å². The van der Waals surface area contributed by atoms with Crippen LogP contribution in [0.3, 0.4) is 0 Å². The van der Waals surface area contributed by atoms with Crippen LogP contribution in [0.25, 0.3) is 21.9 Å². The Bertz CT molecular complexity index is 1780. The van der Waals surface area contributed by atoms with Crippen LogP contribution in [0.5, 0.6) is 0 Å². The molecule has 0 aliphatic carbocycles. The van der Waals surface area contributed by atoms with Gasteiger partial charge in [-0.25, -0.2) is 13.1 Å². The quantitative estimate of drug-likeness (QED) is 0.155. The fourth-order valence-corrected chi connectivity index (χ4v) is 11.4. The van der Waals surface area contributed by atoms with Crippen molar-refractivity contribution in [3.63, 3.8) is 0 Å². The Hall–Kier alpha value is -3.28. The van der Waals surface area contributed by atoms with E-state index >= 15 is 0 Å². The van der Waals surface area contributed by atoms with Gasteiger partial charge in [-0.3, -0.25) is 0 Å². The molecule has 0 saturated heterocycles. The molecule has 0 aliphatic rings. The molecule has 0 aliphatic heterocycles. The van der Waals surface area contributed by atoms with Crippen molar-refractivity contribution in [1.29, 1.82) is 0 Å². The SMILES string of the molecule is O=S(=O)(NCCCCCC[P+](c1ccccc1)(c1ccccc1)c1ccccc1)c1ccc2c(c1)oc1ccccc12.[Br-]. The first kappa shape index (κ1) is 31.2. The molecule has 6 aromatic rings. The fourth-order valence-electron chi connectivity index (χ4n) is 5.87. The maximum absolute atomic E-state index is 13.0. The number of hydrogen-bond donors (Lipinski definition) is 1. The Kier molecular flexibility index (Phi) is 10.1. The largest absolute Gasteiger partial charge is 1.00 e. The van der Waals surface area contributed by atoms with Crippen molar-refractivity contribution in [2.75, 3.05) is 12.7 Å². The average molecular weight is 673 g/mol. The standard InChI is InChI=1S/C36H35NO3PS.BrH/c38-42(39,32-24-25-34-33-22-12-13-23-35(33)40-36(34)28-32)37-26-14-1-2-15-27-41(29-16-6-3-7-17-29,30-18-8-4-9-19-30)31-20-10-5-11-21-31;/h3-13,16-25,28,37H,1-2,14-15,26-27H2;1H/q+1;/p-1. The summed E-state index contributed by atoms with van der Waals surface area (Å²) in [6.07, 6.45) is 4.94. The molecule has 1 aromatic heterocycles. The van der Waals surface area contributed by atoms with Gasteiger partial charge < -0.3 is 21.4 Å². The van der Waals surface area contributed by atoms with E-state index < -0.39 is 17.3 Å². The summed E-state index contributed by atoms with van der Waals surface area (Å²) in [5.41, 5.74) is 1.34. The van der Waals surface area contributed by atoms with E-state index in [4.69, 9.17) is 4.42 Å². The molecule has 0 atom stereocenters. The summed E-state index contributed by atoms with van der Waals surface area (Å²) in [6, 6.07) is 45.7. The normalized spacial score (nSPS) is 11.9. The molecule has 7 heteroatoms. The highest BCUT2D eigenvalue weighted by atomic mass is 79.9. The molecule has 0 amide bonds. The molecule has 0 bridgehead atoms. The number of benzene rings is 5. The van der Waals surface area contributed by atoms with Gasteiger partial charge in [0.05, 0.1) is 11.1 Å². The number of para-hydroxylation sites is 1. The molecule has 43 heavy (non-hydrogen) atoms. The third-order valence-corrected chi connectivity index (χ3v) is 13.9. The van der Waals surface area contributed by atoms with Gasteiger partial charge in [-0.2, -0.15) is 0 Å². The van der Waals surface area contributed by atoms with E-state index in [-0.39, 0.29) is 21.9 Å². The maximum Gasteiger partial charge on any atom is 0.240 e.